The van der Waals surface area contributed by atoms with Gasteiger partial charge in [0.1, 0.15) is 12.4 Å². The first-order valence-corrected chi connectivity index (χ1v) is 8.37. The molecule has 5 nitrogen and oxygen atoms in total. The van der Waals surface area contributed by atoms with E-state index in [1.807, 2.05) is 13.8 Å². The number of nitrogens with zero attached hydrogens (tertiary/aromatic N) is 2. The molecule has 148 valence electrons. The van der Waals surface area contributed by atoms with E-state index in [0.29, 0.717) is 16.9 Å². The minimum absolute atomic E-state index is 0.0740. The van der Waals surface area contributed by atoms with E-state index < -0.39 is 24.7 Å². The number of ether oxygens (including phenoxy) is 1. The fourth-order valence-corrected chi connectivity index (χ4v) is 2.57. The predicted octanol–water partition coefficient (Wildman–Crippen LogP) is 3.83. The van der Waals surface area contributed by atoms with Crippen LogP contribution in [0.5, 0.6) is 0 Å². The maximum Gasteiger partial charge on any atom is 0.411 e. The third-order valence-electron chi connectivity index (χ3n) is 3.68. The van der Waals surface area contributed by atoms with Gasteiger partial charge >= 0.3 is 6.18 Å². The Labute approximate surface area is 154 Å². The van der Waals surface area contributed by atoms with E-state index in [-0.39, 0.29) is 18.3 Å². The molecule has 1 heterocycles. The molecule has 1 unspecified atom stereocenters. The fourth-order valence-electron chi connectivity index (χ4n) is 2.57. The van der Waals surface area contributed by atoms with Crippen molar-refractivity contribution in [2.75, 3.05) is 13.2 Å². The van der Waals surface area contributed by atoms with Crippen LogP contribution in [0.25, 0.3) is 5.69 Å². The first-order valence-electron chi connectivity index (χ1n) is 8.37. The number of aromatic nitrogens is 2. The van der Waals surface area contributed by atoms with Gasteiger partial charge in [0, 0.05) is 6.04 Å². The summed E-state index contributed by atoms with van der Waals surface area (Å²) in [7, 11) is 0. The highest BCUT2D eigenvalue weighted by Gasteiger charge is 2.28. The lowest BCUT2D eigenvalue weighted by atomic mass is 10.0. The van der Waals surface area contributed by atoms with Gasteiger partial charge in [-0.25, -0.2) is 9.07 Å². The van der Waals surface area contributed by atoms with E-state index in [2.05, 4.69) is 15.2 Å². The number of alkyl halides is 3. The van der Waals surface area contributed by atoms with Crippen LogP contribution in [0.1, 0.15) is 42.7 Å². The van der Waals surface area contributed by atoms with Crippen molar-refractivity contribution in [3.8, 4) is 5.69 Å². The molecular formula is C18H21F4N3O2. The summed E-state index contributed by atoms with van der Waals surface area (Å²) >= 11 is 0. The lowest BCUT2D eigenvalue weighted by Gasteiger charge is -2.16. The first kappa shape index (κ1) is 20.9. The van der Waals surface area contributed by atoms with Crippen LogP contribution in [0.4, 0.5) is 17.6 Å². The van der Waals surface area contributed by atoms with E-state index in [4.69, 9.17) is 0 Å². The summed E-state index contributed by atoms with van der Waals surface area (Å²) in [6, 6.07) is 5.06. The minimum Gasteiger partial charge on any atom is -0.370 e. The molecule has 0 saturated carbocycles. The number of carbonyl (C=O) groups excluding carboxylic acids is 1. The summed E-state index contributed by atoms with van der Waals surface area (Å²) in [5, 5.41) is 6.82. The van der Waals surface area contributed by atoms with Gasteiger partial charge in [-0.2, -0.15) is 18.3 Å². The Morgan fingerprint density at radius 1 is 1.22 bits per heavy atom. The Balaban J connectivity index is 2.13. The molecule has 0 aliphatic carbocycles. The minimum atomic E-state index is -4.41. The van der Waals surface area contributed by atoms with Gasteiger partial charge in [0.2, 0.25) is 0 Å². The summed E-state index contributed by atoms with van der Waals surface area (Å²) in [5.41, 5.74) is 1.51. The lowest BCUT2D eigenvalue weighted by Crippen LogP contribution is -2.37. The molecule has 2 rings (SSSR count). The Morgan fingerprint density at radius 3 is 2.41 bits per heavy atom. The normalized spacial score (nSPS) is 13.0. The topological polar surface area (TPSA) is 56.1 Å². The number of nitrogens with one attached hydrogen (secondary N) is 1. The maximum atomic E-state index is 13.1. The van der Waals surface area contributed by atoms with Crippen LogP contribution in [0.3, 0.4) is 0 Å². The second kappa shape index (κ2) is 8.51. The number of amides is 1. The van der Waals surface area contributed by atoms with Gasteiger partial charge in [-0.3, -0.25) is 4.79 Å². The number of hydrogen-bond donors (Lipinski definition) is 1. The van der Waals surface area contributed by atoms with Crippen molar-refractivity contribution < 1.29 is 27.1 Å². The number of halogens is 4. The van der Waals surface area contributed by atoms with E-state index >= 15 is 0 Å². The third kappa shape index (κ3) is 5.78. The largest absolute Gasteiger partial charge is 0.411 e. The van der Waals surface area contributed by atoms with Gasteiger partial charge in [-0.15, -0.1) is 0 Å². The summed E-state index contributed by atoms with van der Waals surface area (Å²) in [4.78, 5) is 12.5. The number of carbonyl (C=O) groups is 1. The van der Waals surface area contributed by atoms with Gasteiger partial charge in [-0.1, -0.05) is 13.8 Å². The lowest BCUT2D eigenvalue weighted by molar-refractivity contribution is -0.174. The summed E-state index contributed by atoms with van der Waals surface area (Å²) in [6.45, 7) is 3.67. The molecule has 0 radical (unpaired) electrons. The van der Waals surface area contributed by atoms with Gasteiger partial charge in [0.15, 0.2) is 0 Å². The van der Waals surface area contributed by atoms with Crippen LogP contribution in [0, 0.1) is 5.82 Å². The molecule has 1 aromatic heterocycles. The van der Waals surface area contributed by atoms with Crippen molar-refractivity contribution in [3.63, 3.8) is 0 Å². The van der Waals surface area contributed by atoms with E-state index in [1.54, 1.807) is 23.7 Å². The van der Waals surface area contributed by atoms with E-state index in [1.165, 1.54) is 18.3 Å². The van der Waals surface area contributed by atoms with Crippen molar-refractivity contribution in [1.82, 2.24) is 15.1 Å². The van der Waals surface area contributed by atoms with Crippen LogP contribution in [-0.2, 0) is 4.74 Å². The summed E-state index contributed by atoms with van der Waals surface area (Å²) in [6.07, 6.45) is -3.03. The monoisotopic (exact) mass is 387 g/mol. The number of rotatable bonds is 7. The van der Waals surface area contributed by atoms with Crippen molar-refractivity contribution in [3.05, 3.63) is 47.5 Å². The average molecular weight is 387 g/mol. The highest BCUT2D eigenvalue weighted by Crippen LogP contribution is 2.23. The Hall–Kier alpha value is -2.42. The molecule has 1 atom stereocenters. The van der Waals surface area contributed by atoms with Crippen molar-refractivity contribution in [1.29, 1.82) is 0 Å². The molecule has 0 spiro atoms. The SMILES string of the molecule is CC(COCC(F)(F)F)NC(=O)c1cnn(-c2ccc(F)cc2)c1C(C)C. The molecule has 1 aromatic carbocycles. The van der Waals surface area contributed by atoms with Crippen LogP contribution >= 0.6 is 0 Å². The molecule has 0 bridgehead atoms. The Morgan fingerprint density at radius 2 is 1.85 bits per heavy atom. The molecule has 9 heteroatoms. The van der Waals surface area contributed by atoms with E-state index in [9.17, 15) is 22.4 Å². The zero-order chi connectivity index (χ0) is 20.2. The zero-order valence-electron chi connectivity index (χ0n) is 15.2. The van der Waals surface area contributed by atoms with Gasteiger partial charge in [-0.05, 0) is 37.1 Å². The summed E-state index contributed by atoms with van der Waals surface area (Å²) in [5.74, 6) is -0.923. The average Bonchev–Trinajstić information content (AvgIpc) is 2.99. The predicted molar refractivity (Wildman–Crippen MR) is 91.4 cm³/mol. The maximum absolute atomic E-state index is 13.1. The van der Waals surface area contributed by atoms with Gasteiger partial charge < -0.3 is 10.1 Å². The van der Waals surface area contributed by atoms with Gasteiger partial charge in [0.05, 0.1) is 29.7 Å². The molecule has 1 amide bonds. The van der Waals surface area contributed by atoms with Crippen molar-refractivity contribution in [2.45, 2.75) is 38.9 Å². The number of hydrogen-bond acceptors (Lipinski definition) is 3. The molecular weight excluding hydrogens is 366 g/mol. The van der Waals surface area contributed by atoms with Crippen LogP contribution in [-0.4, -0.2) is 41.1 Å². The second-order valence-corrected chi connectivity index (χ2v) is 6.49. The summed E-state index contributed by atoms with van der Waals surface area (Å²) < 4.78 is 55.6. The smallest absolute Gasteiger partial charge is 0.370 e. The molecule has 27 heavy (non-hydrogen) atoms. The molecule has 2 aromatic rings. The molecule has 0 saturated heterocycles. The molecule has 0 fully saturated rings. The highest BCUT2D eigenvalue weighted by molar-refractivity contribution is 5.95. The molecule has 1 N–H and O–H groups in total. The molecule has 0 aliphatic rings. The Kier molecular flexibility index (Phi) is 6.59. The fraction of sp³-hybridized carbons (Fsp3) is 0.444. The first-order chi connectivity index (χ1) is 12.6. The third-order valence-corrected chi connectivity index (χ3v) is 3.68. The van der Waals surface area contributed by atoms with Crippen LogP contribution in [0.15, 0.2) is 30.5 Å². The van der Waals surface area contributed by atoms with Crippen molar-refractivity contribution >= 4 is 5.91 Å². The van der Waals surface area contributed by atoms with Crippen molar-refractivity contribution in [2.24, 2.45) is 0 Å². The number of benzene rings is 1. The quantitative estimate of drug-likeness (QED) is 0.735. The standard InChI is InChI=1S/C18H21F4N3O2/c1-11(2)16-15(8-23-25(16)14-6-4-13(19)5-7-14)17(26)24-12(3)9-27-10-18(20,21)22/h4-8,11-12H,9-10H2,1-3H3,(H,24,26). The second-order valence-electron chi connectivity index (χ2n) is 6.49. The van der Waals surface area contributed by atoms with Gasteiger partial charge in [0.25, 0.3) is 5.91 Å². The van der Waals surface area contributed by atoms with Crippen LogP contribution in [0.2, 0.25) is 0 Å². The zero-order valence-corrected chi connectivity index (χ0v) is 15.2. The highest BCUT2D eigenvalue weighted by atomic mass is 19.4. The molecule has 0 aliphatic heterocycles. The Bertz CT molecular complexity index is 770. The van der Waals surface area contributed by atoms with Crippen LogP contribution < -0.4 is 5.32 Å². The van der Waals surface area contributed by atoms with E-state index in [0.717, 1.165) is 0 Å².